The van der Waals surface area contributed by atoms with Gasteiger partial charge in [-0.25, -0.2) is 0 Å². The van der Waals surface area contributed by atoms with Gasteiger partial charge in [0.15, 0.2) is 0 Å². The molecule has 74 valence electrons. The number of carboxylic acid groups (broad SMARTS) is 1. The fourth-order valence-corrected chi connectivity index (χ4v) is 1.79. The summed E-state index contributed by atoms with van der Waals surface area (Å²) in [5.74, 6) is -0.778. The fourth-order valence-electron chi connectivity index (χ4n) is 1.08. The quantitative estimate of drug-likeness (QED) is 0.669. The number of carbonyl (C=O) groups is 1. The lowest BCUT2D eigenvalue weighted by atomic mass is 10.1. The van der Waals surface area contributed by atoms with E-state index in [2.05, 4.69) is 13.5 Å². The van der Waals surface area contributed by atoms with Gasteiger partial charge in [0.2, 0.25) is 0 Å². The maximum absolute atomic E-state index is 10.5. The summed E-state index contributed by atoms with van der Waals surface area (Å²) in [4.78, 5) is 11.4. The average molecular weight is 200 g/mol. The van der Waals surface area contributed by atoms with Crippen LogP contribution in [0.3, 0.4) is 0 Å². The second-order valence-electron chi connectivity index (χ2n) is 2.68. The number of carboxylic acids is 1. The first-order valence-electron chi connectivity index (χ1n) is 4.25. The molecule has 2 nitrogen and oxygen atoms in total. The molecule has 1 N–H and O–H groups in total. The number of thioether (sulfide) groups is 1. The van der Waals surface area contributed by atoms with Gasteiger partial charge in [0.25, 0.3) is 0 Å². The van der Waals surface area contributed by atoms with Gasteiger partial charge in [-0.2, -0.15) is 0 Å². The van der Waals surface area contributed by atoms with Crippen molar-refractivity contribution >= 4 is 17.7 Å². The molecule has 13 heavy (non-hydrogen) atoms. The molecule has 0 bridgehead atoms. The Bertz CT molecular complexity index is 219. The number of allylic oxidation sites excluding steroid dienone is 2. The second-order valence-corrected chi connectivity index (χ2v) is 3.58. The van der Waals surface area contributed by atoms with Gasteiger partial charge in [-0.05, 0) is 23.2 Å². The van der Waals surface area contributed by atoms with Crippen molar-refractivity contribution in [2.24, 2.45) is 0 Å². The molecule has 0 aromatic carbocycles. The molecule has 0 aliphatic rings. The molecule has 0 rings (SSSR count). The van der Waals surface area contributed by atoms with E-state index in [0.717, 1.165) is 23.3 Å². The standard InChI is InChI=1S/C10H16O2S/c1-4-6-8(5-2)9(13-3)7-10(11)12/h5H,2,4,6-7H2,1,3H3,(H,11,12)/b9-8+. The monoisotopic (exact) mass is 200 g/mol. The predicted molar refractivity (Wildman–Crippen MR) is 57.9 cm³/mol. The molecule has 0 spiro atoms. The lowest BCUT2D eigenvalue weighted by Gasteiger charge is -2.06. The molecular weight excluding hydrogens is 184 g/mol. The van der Waals surface area contributed by atoms with Crippen LogP contribution in [0.4, 0.5) is 0 Å². The SMILES string of the molecule is C=C/C(CCC)=C(/CC(=O)O)SC. The Balaban J connectivity index is 4.59. The van der Waals surface area contributed by atoms with E-state index in [1.807, 2.05) is 6.26 Å². The van der Waals surface area contributed by atoms with Crippen LogP contribution in [-0.2, 0) is 4.79 Å². The van der Waals surface area contributed by atoms with Crippen molar-refractivity contribution in [3.8, 4) is 0 Å². The van der Waals surface area contributed by atoms with Crippen LogP contribution in [0.25, 0.3) is 0 Å². The molecule has 0 radical (unpaired) electrons. The largest absolute Gasteiger partial charge is 0.481 e. The molecule has 0 amide bonds. The Kier molecular flexibility index (Phi) is 6.41. The van der Waals surface area contributed by atoms with Crippen LogP contribution in [0, 0.1) is 0 Å². The van der Waals surface area contributed by atoms with E-state index in [4.69, 9.17) is 5.11 Å². The van der Waals surface area contributed by atoms with E-state index in [0.29, 0.717) is 0 Å². The molecule has 0 atom stereocenters. The first-order chi connectivity index (χ1) is 6.15. The Labute approximate surface area is 83.7 Å². The van der Waals surface area contributed by atoms with E-state index in [-0.39, 0.29) is 6.42 Å². The summed E-state index contributed by atoms with van der Waals surface area (Å²) in [6.45, 7) is 5.76. The lowest BCUT2D eigenvalue weighted by Crippen LogP contribution is -1.97. The molecule has 0 aliphatic heterocycles. The van der Waals surface area contributed by atoms with Gasteiger partial charge in [-0.1, -0.05) is 26.0 Å². The Morgan fingerprint density at radius 2 is 2.23 bits per heavy atom. The van der Waals surface area contributed by atoms with Crippen LogP contribution in [0.1, 0.15) is 26.2 Å². The van der Waals surface area contributed by atoms with E-state index >= 15 is 0 Å². The number of hydrogen-bond acceptors (Lipinski definition) is 2. The van der Waals surface area contributed by atoms with E-state index in [9.17, 15) is 4.79 Å². The zero-order chi connectivity index (χ0) is 10.3. The smallest absolute Gasteiger partial charge is 0.308 e. The van der Waals surface area contributed by atoms with Crippen LogP contribution in [0.5, 0.6) is 0 Å². The van der Waals surface area contributed by atoms with Crippen LogP contribution >= 0.6 is 11.8 Å². The van der Waals surface area contributed by atoms with Crippen molar-refractivity contribution < 1.29 is 9.90 Å². The molecule has 0 aromatic rings. The Morgan fingerprint density at radius 3 is 2.54 bits per heavy atom. The molecule has 0 fully saturated rings. The molecule has 0 aromatic heterocycles. The van der Waals surface area contributed by atoms with Gasteiger partial charge >= 0.3 is 5.97 Å². The van der Waals surface area contributed by atoms with Gasteiger partial charge in [0.05, 0.1) is 6.42 Å². The van der Waals surface area contributed by atoms with Crippen molar-refractivity contribution in [2.75, 3.05) is 6.26 Å². The molecule has 3 heteroatoms. The van der Waals surface area contributed by atoms with Crippen molar-refractivity contribution in [1.29, 1.82) is 0 Å². The first-order valence-corrected chi connectivity index (χ1v) is 5.48. The second kappa shape index (κ2) is 6.78. The zero-order valence-electron chi connectivity index (χ0n) is 8.17. The molecule has 0 saturated carbocycles. The van der Waals surface area contributed by atoms with E-state index in [1.54, 1.807) is 6.08 Å². The summed E-state index contributed by atoms with van der Waals surface area (Å²) >= 11 is 1.50. The van der Waals surface area contributed by atoms with Crippen molar-refractivity contribution in [2.45, 2.75) is 26.2 Å². The van der Waals surface area contributed by atoms with Gasteiger partial charge < -0.3 is 5.11 Å². The lowest BCUT2D eigenvalue weighted by molar-refractivity contribution is -0.136. The van der Waals surface area contributed by atoms with Crippen molar-refractivity contribution in [3.05, 3.63) is 23.1 Å². The highest BCUT2D eigenvalue weighted by Gasteiger charge is 2.06. The maximum Gasteiger partial charge on any atom is 0.308 e. The van der Waals surface area contributed by atoms with Crippen LogP contribution in [0.15, 0.2) is 23.1 Å². The van der Waals surface area contributed by atoms with E-state index < -0.39 is 5.97 Å². The number of aliphatic carboxylic acids is 1. The summed E-state index contributed by atoms with van der Waals surface area (Å²) in [7, 11) is 0. The number of rotatable bonds is 6. The summed E-state index contributed by atoms with van der Waals surface area (Å²) in [6, 6.07) is 0. The van der Waals surface area contributed by atoms with Gasteiger partial charge in [0, 0.05) is 0 Å². The minimum Gasteiger partial charge on any atom is -0.481 e. The highest BCUT2D eigenvalue weighted by molar-refractivity contribution is 8.02. The summed E-state index contributed by atoms with van der Waals surface area (Å²) in [5, 5.41) is 8.65. The topological polar surface area (TPSA) is 37.3 Å². The van der Waals surface area contributed by atoms with E-state index in [1.165, 1.54) is 11.8 Å². The average Bonchev–Trinajstić information content (AvgIpc) is 2.10. The Hall–Kier alpha value is -0.700. The van der Waals surface area contributed by atoms with Crippen molar-refractivity contribution in [1.82, 2.24) is 0 Å². The highest BCUT2D eigenvalue weighted by atomic mass is 32.2. The molecule has 0 unspecified atom stereocenters. The third kappa shape index (κ3) is 4.78. The Morgan fingerprint density at radius 1 is 1.62 bits per heavy atom. The molecule has 0 aliphatic carbocycles. The first kappa shape index (κ1) is 12.3. The normalized spacial score (nSPS) is 12.2. The van der Waals surface area contributed by atoms with Crippen LogP contribution in [0.2, 0.25) is 0 Å². The van der Waals surface area contributed by atoms with Gasteiger partial charge in [-0.15, -0.1) is 11.8 Å². The minimum atomic E-state index is -0.778. The maximum atomic E-state index is 10.5. The molecule has 0 heterocycles. The van der Waals surface area contributed by atoms with Crippen LogP contribution in [-0.4, -0.2) is 17.3 Å². The van der Waals surface area contributed by atoms with Crippen molar-refractivity contribution in [3.63, 3.8) is 0 Å². The summed E-state index contributed by atoms with van der Waals surface area (Å²) in [6.07, 6.45) is 5.70. The molecule has 0 saturated heterocycles. The van der Waals surface area contributed by atoms with Gasteiger partial charge in [0.1, 0.15) is 0 Å². The summed E-state index contributed by atoms with van der Waals surface area (Å²) in [5.41, 5.74) is 1.07. The fraction of sp³-hybridized carbons (Fsp3) is 0.500. The number of hydrogen-bond donors (Lipinski definition) is 1. The molecular formula is C10H16O2S. The van der Waals surface area contributed by atoms with Crippen LogP contribution < -0.4 is 0 Å². The summed E-state index contributed by atoms with van der Waals surface area (Å²) < 4.78 is 0. The zero-order valence-corrected chi connectivity index (χ0v) is 8.99. The minimum absolute atomic E-state index is 0.114. The third-order valence-corrected chi connectivity index (χ3v) is 2.58. The highest BCUT2D eigenvalue weighted by Crippen LogP contribution is 2.24. The predicted octanol–water partition coefficient (Wildman–Crippen LogP) is 3.06. The third-order valence-electron chi connectivity index (χ3n) is 1.68. The van der Waals surface area contributed by atoms with Gasteiger partial charge in [-0.3, -0.25) is 4.79 Å².